The molecule has 1 aliphatic carbocycles. The van der Waals surface area contributed by atoms with E-state index in [1.807, 2.05) is 60.7 Å². The Hall–Kier alpha value is -2.87. The maximum atomic E-state index is 12.6. The Labute approximate surface area is 142 Å². The molecule has 0 radical (unpaired) electrons. The number of benzene rings is 3. The Morgan fingerprint density at radius 1 is 0.792 bits per heavy atom. The van der Waals surface area contributed by atoms with Crippen molar-refractivity contribution in [2.24, 2.45) is 5.92 Å². The van der Waals surface area contributed by atoms with Gasteiger partial charge in [-0.05, 0) is 29.5 Å². The quantitative estimate of drug-likeness (QED) is 0.713. The molecule has 2 atom stereocenters. The highest BCUT2D eigenvalue weighted by Gasteiger charge is 2.43. The first-order chi connectivity index (χ1) is 11.8. The molecular weight excluding hydrogens is 294 g/mol. The Morgan fingerprint density at radius 2 is 1.42 bits per heavy atom. The van der Waals surface area contributed by atoms with Crippen molar-refractivity contribution in [1.29, 1.82) is 0 Å². The fourth-order valence-corrected chi connectivity index (χ4v) is 3.24. The molecule has 1 amide bonds. The number of hydrogen-bond donors (Lipinski definition) is 1. The van der Waals surface area contributed by atoms with Crippen LogP contribution >= 0.6 is 0 Å². The van der Waals surface area contributed by atoms with Crippen LogP contribution in [-0.2, 0) is 4.79 Å². The third-order valence-electron chi connectivity index (χ3n) is 4.62. The SMILES string of the molecule is O=C(Nc1ccccc1-c1ccccc1)C1CC1c1ccccc1. The third-order valence-corrected chi connectivity index (χ3v) is 4.62. The van der Waals surface area contributed by atoms with Crippen molar-refractivity contribution < 1.29 is 4.79 Å². The summed E-state index contributed by atoms with van der Waals surface area (Å²) < 4.78 is 0. The second kappa shape index (κ2) is 6.32. The van der Waals surface area contributed by atoms with Crippen LogP contribution in [0, 0.1) is 5.92 Å². The van der Waals surface area contributed by atoms with Crippen molar-refractivity contribution in [2.45, 2.75) is 12.3 Å². The molecule has 3 aromatic carbocycles. The first-order valence-corrected chi connectivity index (χ1v) is 8.33. The lowest BCUT2D eigenvalue weighted by molar-refractivity contribution is -0.117. The summed E-state index contributed by atoms with van der Waals surface area (Å²) in [6.45, 7) is 0. The summed E-state index contributed by atoms with van der Waals surface area (Å²) in [7, 11) is 0. The van der Waals surface area contributed by atoms with Gasteiger partial charge in [-0.25, -0.2) is 0 Å². The highest BCUT2D eigenvalue weighted by atomic mass is 16.2. The van der Waals surface area contributed by atoms with Gasteiger partial charge in [0.2, 0.25) is 5.91 Å². The van der Waals surface area contributed by atoms with Crippen LogP contribution in [0.1, 0.15) is 17.9 Å². The van der Waals surface area contributed by atoms with E-state index in [1.165, 1.54) is 5.56 Å². The molecule has 0 bridgehead atoms. The molecule has 2 nitrogen and oxygen atoms in total. The fourth-order valence-electron chi connectivity index (χ4n) is 3.24. The first-order valence-electron chi connectivity index (χ1n) is 8.33. The van der Waals surface area contributed by atoms with E-state index < -0.39 is 0 Å². The van der Waals surface area contributed by atoms with E-state index in [0.717, 1.165) is 23.2 Å². The summed E-state index contributed by atoms with van der Waals surface area (Å²) in [5, 5.41) is 3.13. The van der Waals surface area contributed by atoms with Crippen LogP contribution in [0.15, 0.2) is 84.9 Å². The summed E-state index contributed by atoms with van der Waals surface area (Å²) in [6, 6.07) is 28.4. The minimum atomic E-state index is 0.0798. The smallest absolute Gasteiger partial charge is 0.228 e. The molecule has 1 fully saturated rings. The second-order valence-electron chi connectivity index (χ2n) is 6.26. The average Bonchev–Trinajstić information content (AvgIpc) is 3.45. The molecule has 0 heterocycles. The molecule has 1 N–H and O–H groups in total. The molecule has 4 rings (SSSR count). The molecular formula is C22H19NO. The predicted octanol–water partition coefficient (Wildman–Crippen LogP) is 5.10. The van der Waals surface area contributed by atoms with Crippen LogP contribution < -0.4 is 5.32 Å². The first kappa shape index (κ1) is 14.7. The maximum absolute atomic E-state index is 12.6. The molecule has 0 aliphatic heterocycles. The van der Waals surface area contributed by atoms with Crippen LogP contribution in [0.4, 0.5) is 5.69 Å². The molecule has 0 aromatic heterocycles. The average molecular weight is 313 g/mol. The van der Waals surface area contributed by atoms with E-state index in [0.29, 0.717) is 5.92 Å². The number of carbonyl (C=O) groups is 1. The summed E-state index contributed by atoms with van der Waals surface area (Å²) in [6.07, 6.45) is 0.934. The van der Waals surface area contributed by atoms with Gasteiger partial charge in [-0.2, -0.15) is 0 Å². The Bertz CT molecular complexity index is 842. The van der Waals surface area contributed by atoms with Gasteiger partial charge in [0.05, 0.1) is 0 Å². The standard InChI is InChI=1S/C22H19NO/c24-22(20-15-19(20)17-11-5-2-6-12-17)23-21-14-8-7-13-18(21)16-9-3-1-4-10-16/h1-14,19-20H,15H2,(H,23,24). The lowest BCUT2D eigenvalue weighted by Crippen LogP contribution is -2.15. The van der Waals surface area contributed by atoms with Crippen molar-refractivity contribution in [1.82, 2.24) is 0 Å². The van der Waals surface area contributed by atoms with Gasteiger partial charge in [-0.1, -0.05) is 78.9 Å². The molecule has 2 unspecified atom stereocenters. The van der Waals surface area contributed by atoms with Gasteiger partial charge in [0.25, 0.3) is 0 Å². The van der Waals surface area contributed by atoms with Crippen LogP contribution in [0.2, 0.25) is 0 Å². The topological polar surface area (TPSA) is 29.1 Å². The molecule has 1 aliphatic rings. The van der Waals surface area contributed by atoms with Gasteiger partial charge in [0.1, 0.15) is 0 Å². The zero-order valence-electron chi connectivity index (χ0n) is 13.4. The summed E-state index contributed by atoms with van der Waals surface area (Å²) in [5.74, 6) is 0.554. The van der Waals surface area contributed by atoms with Gasteiger partial charge < -0.3 is 5.32 Å². The van der Waals surface area contributed by atoms with Gasteiger partial charge in [0, 0.05) is 17.2 Å². The van der Waals surface area contributed by atoms with E-state index in [-0.39, 0.29) is 11.8 Å². The van der Waals surface area contributed by atoms with E-state index in [2.05, 4.69) is 29.6 Å². The molecule has 2 heteroatoms. The number of nitrogens with one attached hydrogen (secondary N) is 1. The Balaban J connectivity index is 1.52. The van der Waals surface area contributed by atoms with Crippen molar-refractivity contribution in [3.05, 3.63) is 90.5 Å². The summed E-state index contributed by atoms with van der Waals surface area (Å²) in [5.41, 5.74) is 4.31. The number of carbonyl (C=O) groups excluding carboxylic acids is 1. The molecule has 1 saturated carbocycles. The second-order valence-corrected chi connectivity index (χ2v) is 6.26. The van der Waals surface area contributed by atoms with Gasteiger partial charge >= 0.3 is 0 Å². The summed E-state index contributed by atoms with van der Waals surface area (Å²) in [4.78, 5) is 12.6. The number of rotatable bonds is 4. The van der Waals surface area contributed by atoms with Gasteiger partial charge in [-0.3, -0.25) is 4.79 Å². The van der Waals surface area contributed by atoms with Crippen LogP contribution in [-0.4, -0.2) is 5.91 Å². The minimum absolute atomic E-state index is 0.0798. The molecule has 0 saturated heterocycles. The Kier molecular flexibility index (Phi) is 3.87. The number of amides is 1. The van der Waals surface area contributed by atoms with Crippen molar-refractivity contribution in [3.63, 3.8) is 0 Å². The van der Waals surface area contributed by atoms with E-state index in [9.17, 15) is 4.79 Å². The van der Waals surface area contributed by atoms with Crippen molar-refractivity contribution in [3.8, 4) is 11.1 Å². The highest BCUT2D eigenvalue weighted by molar-refractivity contribution is 5.98. The van der Waals surface area contributed by atoms with E-state index >= 15 is 0 Å². The normalized spacial score (nSPS) is 18.8. The summed E-state index contributed by atoms with van der Waals surface area (Å²) >= 11 is 0. The van der Waals surface area contributed by atoms with Gasteiger partial charge in [0.15, 0.2) is 0 Å². The molecule has 0 spiro atoms. The largest absolute Gasteiger partial charge is 0.325 e. The van der Waals surface area contributed by atoms with Crippen LogP contribution in [0.3, 0.4) is 0 Å². The predicted molar refractivity (Wildman–Crippen MR) is 97.8 cm³/mol. The molecule has 3 aromatic rings. The zero-order chi connectivity index (χ0) is 16.4. The van der Waals surface area contributed by atoms with Crippen LogP contribution in [0.5, 0.6) is 0 Å². The highest BCUT2D eigenvalue weighted by Crippen LogP contribution is 2.48. The number of para-hydroxylation sites is 1. The van der Waals surface area contributed by atoms with Crippen LogP contribution in [0.25, 0.3) is 11.1 Å². The fraction of sp³-hybridized carbons (Fsp3) is 0.136. The van der Waals surface area contributed by atoms with Crippen molar-refractivity contribution in [2.75, 3.05) is 5.32 Å². The molecule has 24 heavy (non-hydrogen) atoms. The van der Waals surface area contributed by atoms with Crippen molar-refractivity contribution >= 4 is 11.6 Å². The Morgan fingerprint density at radius 3 is 2.17 bits per heavy atom. The minimum Gasteiger partial charge on any atom is -0.325 e. The monoisotopic (exact) mass is 313 g/mol. The number of hydrogen-bond acceptors (Lipinski definition) is 1. The number of anilines is 1. The lowest BCUT2D eigenvalue weighted by atomic mass is 10.0. The third kappa shape index (κ3) is 2.95. The van der Waals surface area contributed by atoms with E-state index in [1.54, 1.807) is 0 Å². The van der Waals surface area contributed by atoms with Gasteiger partial charge in [-0.15, -0.1) is 0 Å². The zero-order valence-corrected chi connectivity index (χ0v) is 13.4. The maximum Gasteiger partial charge on any atom is 0.228 e. The lowest BCUT2D eigenvalue weighted by Gasteiger charge is -2.11. The molecule has 118 valence electrons. The van der Waals surface area contributed by atoms with E-state index in [4.69, 9.17) is 0 Å².